The Morgan fingerprint density at radius 1 is 1.39 bits per heavy atom. The van der Waals surface area contributed by atoms with Crippen LogP contribution >= 0.6 is 0 Å². The fourth-order valence-electron chi connectivity index (χ4n) is 2.05. The van der Waals surface area contributed by atoms with Gasteiger partial charge < -0.3 is 9.80 Å². The molecule has 0 bridgehead atoms. The van der Waals surface area contributed by atoms with E-state index in [1.807, 2.05) is 0 Å². The number of halogens is 3. The second-order valence-corrected chi connectivity index (χ2v) is 4.41. The molecule has 0 saturated heterocycles. The smallest absolute Gasteiger partial charge is 0.366 e. The number of fused-ring (bicyclic) bond motifs is 1. The lowest BCUT2D eigenvalue weighted by Gasteiger charge is -2.21. The normalized spacial score (nSPS) is 14.9. The lowest BCUT2D eigenvalue weighted by atomic mass is 10.1. The maximum atomic E-state index is 12.3. The highest BCUT2D eigenvalue weighted by molar-refractivity contribution is 6.01. The average Bonchev–Trinajstić information content (AvgIpc) is 2.52. The molecule has 0 aromatic heterocycles. The Morgan fingerprint density at radius 3 is 2.67 bits per heavy atom. The number of benzene rings is 1. The molecule has 18 heavy (non-hydrogen) atoms. The molecular weight excluding hydrogens is 245 g/mol. The maximum absolute atomic E-state index is 12.3. The van der Waals surface area contributed by atoms with Gasteiger partial charge in [0.15, 0.2) is 0 Å². The summed E-state index contributed by atoms with van der Waals surface area (Å²) in [6.07, 6.45) is -3.99. The molecule has 0 unspecified atom stereocenters. The van der Waals surface area contributed by atoms with Crippen LogP contribution in [0.15, 0.2) is 18.2 Å². The molecule has 0 spiro atoms. The molecule has 0 saturated carbocycles. The summed E-state index contributed by atoms with van der Waals surface area (Å²) in [6, 6.07) is 4.92. The van der Waals surface area contributed by atoms with Gasteiger partial charge in [0, 0.05) is 25.5 Å². The van der Waals surface area contributed by atoms with Crippen LogP contribution in [-0.4, -0.2) is 32.7 Å². The zero-order valence-corrected chi connectivity index (χ0v) is 10.1. The van der Waals surface area contributed by atoms with E-state index in [-0.39, 0.29) is 12.3 Å². The van der Waals surface area contributed by atoms with Gasteiger partial charge in [0.05, 0.1) is 6.42 Å². The minimum Gasteiger partial charge on any atom is -0.366 e. The van der Waals surface area contributed by atoms with Crippen LogP contribution in [0.1, 0.15) is 5.56 Å². The summed E-state index contributed by atoms with van der Waals surface area (Å²) in [5, 5.41) is 0. The molecule has 0 aliphatic carbocycles. The van der Waals surface area contributed by atoms with Gasteiger partial charge in [-0.05, 0) is 23.8 Å². The Morgan fingerprint density at radius 2 is 2.06 bits per heavy atom. The van der Waals surface area contributed by atoms with Gasteiger partial charge in [-0.3, -0.25) is 4.79 Å². The standard InChI is InChI=1S/C12H13F3N2O/c1-16(7-12(13,14)15)9-3-4-10-8(5-9)6-11(18)17(10)2/h3-5H,6-7H2,1-2H3. The first-order chi connectivity index (χ1) is 8.28. The summed E-state index contributed by atoms with van der Waals surface area (Å²) < 4.78 is 36.9. The molecule has 0 N–H and O–H groups in total. The van der Waals surface area contributed by atoms with Gasteiger partial charge in [0.1, 0.15) is 6.54 Å². The average molecular weight is 258 g/mol. The van der Waals surface area contributed by atoms with Gasteiger partial charge in [0.25, 0.3) is 0 Å². The monoisotopic (exact) mass is 258 g/mol. The fourth-order valence-corrected chi connectivity index (χ4v) is 2.05. The number of rotatable bonds is 2. The molecule has 1 aliphatic heterocycles. The molecule has 98 valence electrons. The lowest BCUT2D eigenvalue weighted by molar-refractivity contribution is -0.119. The lowest BCUT2D eigenvalue weighted by Crippen LogP contribution is -2.30. The molecule has 0 fully saturated rings. The van der Waals surface area contributed by atoms with Crippen LogP contribution < -0.4 is 9.80 Å². The van der Waals surface area contributed by atoms with E-state index in [1.54, 1.807) is 25.2 Å². The highest BCUT2D eigenvalue weighted by atomic mass is 19.4. The number of nitrogens with zero attached hydrogens (tertiary/aromatic N) is 2. The van der Waals surface area contributed by atoms with Gasteiger partial charge in [-0.1, -0.05) is 0 Å². The number of likely N-dealkylation sites (N-methyl/N-ethyl adjacent to an activating group) is 1. The Kier molecular flexibility index (Phi) is 2.96. The van der Waals surface area contributed by atoms with Crippen molar-refractivity contribution in [2.75, 3.05) is 30.4 Å². The fraction of sp³-hybridized carbons (Fsp3) is 0.417. The van der Waals surface area contributed by atoms with Crippen molar-refractivity contribution in [2.24, 2.45) is 0 Å². The SMILES string of the molecule is CN(CC(F)(F)F)c1ccc2c(c1)CC(=O)N2C. The summed E-state index contributed by atoms with van der Waals surface area (Å²) >= 11 is 0. The van der Waals surface area contributed by atoms with Crippen molar-refractivity contribution >= 4 is 17.3 Å². The summed E-state index contributed by atoms with van der Waals surface area (Å²) in [5.41, 5.74) is 2.01. The predicted octanol–water partition coefficient (Wildman–Crippen LogP) is 2.20. The van der Waals surface area contributed by atoms with E-state index in [4.69, 9.17) is 0 Å². The van der Waals surface area contributed by atoms with Crippen molar-refractivity contribution in [1.29, 1.82) is 0 Å². The van der Waals surface area contributed by atoms with E-state index < -0.39 is 12.7 Å². The molecule has 1 aromatic carbocycles. The van der Waals surface area contributed by atoms with E-state index in [0.29, 0.717) is 5.69 Å². The third-order valence-electron chi connectivity index (χ3n) is 3.00. The van der Waals surface area contributed by atoms with Gasteiger partial charge in [-0.15, -0.1) is 0 Å². The predicted molar refractivity (Wildman–Crippen MR) is 62.9 cm³/mol. The molecular formula is C12H13F3N2O. The van der Waals surface area contributed by atoms with E-state index in [9.17, 15) is 18.0 Å². The highest BCUT2D eigenvalue weighted by Gasteiger charge is 2.30. The van der Waals surface area contributed by atoms with Gasteiger partial charge in [-0.25, -0.2) is 0 Å². The van der Waals surface area contributed by atoms with Crippen LogP contribution in [0.25, 0.3) is 0 Å². The van der Waals surface area contributed by atoms with Crippen molar-refractivity contribution in [1.82, 2.24) is 0 Å². The number of amides is 1. The third-order valence-corrected chi connectivity index (χ3v) is 3.00. The zero-order valence-electron chi connectivity index (χ0n) is 10.1. The van der Waals surface area contributed by atoms with Gasteiger partial charge in [-0.2, -0.15) is 13.2 Å². The van der Waals surface area contributed by atoms with Gasteiger partial charge in [0.2, 0.25) is 5.91 Å². The molecule has 3 nitrogen and oxygen atoms in total. The molecule has 1 aliphatic rings. The number of hydrogen-bond donors (Lipinski definition) is 0. The van der Waals surface area contributed by atoms with Crippen LogP contribution in [-0.2, 0) is 11.2 Å². The molecule has 0 radical (unpaired) electrons. The Labute approximate surface area is 103 Å². The maximum Gasteiger partial charge on any atom is 0.405 e. The quantitative estimate of drug-likeness (QED) is 0.812. The molecule has 0 atom stereocenters. The Hall–Kier alpha value is -1.72. The minimum absolute atomic E-state index is 0.0411. The molecule has 6 heteroatoms. The second-order valence-electron chi connectivity index (χ2n) is 4.41. The van der Waals surface area contributed by atoms with Crippen LogP contribution in [0.4, 0.5) is 24.5 Å². The Bertz CT molecular complexity index is 485. The number of carbonyl (C=O) groups excluding carboxylic acids is 1. The van der Waals surface area contributed by atoms with E-state index in [0.717, 1.165) is 16.2 Å². The van der Waals surface area contributed by atoms with E-state index in [2.05, 4.69) is 0 Å². The van der Waals surface area contributed by atoms with Crippen LogP contribution in [0.2, 0.25) is 0 Å². The first-order valence-corrected chi connectivity index (χ1v) is 5.45. The van der Waals surface area contributed by atoms with Crippen LogP contribution in [0.3, 0.4) is 0 Å². The number of hydrogen-bond acceptors (Lipinski definition) is 2. The number of carbonyl (C=O) groups is 1. The summed E-state index contributed by atoms with van der Waals surface area (Å²) in [5.74, 6) is -0.0411. The largest absolute Gasteiger partial charge is 0.405 e. The van der Waals surface area contributed by atoms with Crippen LogP contribution in [0.5, 0.6) is 0 Å². The minimum atomic E-state index is -4.24. The van der Waals surface area contributed by atoms with E-state index >= 15 is 0 Å². The Balaban J connectivity index is 2.23. The van der Waals surface area contributed by atoms with Gasteiger partial charge >= 0.3 is 6.18 Å². The topological polar surface area (TPSA) is 23.6 Å². The third kappa shape index (κ3) is 2.42. The van der Waals surface area contributed by atoms with Crippen molar-refractivity contribution in [3.8, 4) is 0 Å². The molecule has 1 aromatic rings. The molecule has 2 rings (SSSR count). The molecule has 1 heterocycles. The summed E-state index contributed by atoms with van der Waals surface area (Å²) in [6.45, 7) is -1.00. The highest BCUT2D eigenvalue weighted by Crippen LogP contribution is 2.31. The van der Waals surface area contributed by atoms with Crippen molar-refractivity contribution < 1.29 is 18.0 Å². The number of alkyl halides is 3. The second kappa shape index (κ2) is 4.19. The van der Waals surface area contributed by atoms with Crippen LogP contribution in [0, 0.1) is 0 Å². The van der Waals surface area contributed by atoms with Crippen molar-refractivity contribution in [2.45, 2.75) is 12.6 Å². The van der Waals surface area contributed by atoms with Crippen molar-refractivity contribution in [3.05, 3.63) is 23.8 Å². The zero-order chi connectivity index (χ0) is 13.5. The summed E-state index contributed by atoms with van der Waals surface area (Å²) in [7, 11) is 3.04. The molecule has 1 amide bonds. The van der Waals surface area contributed by atoms with E-state index in [1.165, 1.54) is 11.9 Å². The first-order valence-electron chi connectivity index (χ1n) is 5.45. The summed E-state index contributed by atoms with van der Waals surface area (Å²) in [4.78, 5) is 14.1. The number of anilines is 2. The van der Waals surface area contributed by atoms with Crippen molar-refractivity contribution in [3.63, 3.8) is 0 Å². The first kappa shape index (κ1) is 12.7.